The predicted molar refractivity (Wildman–Crippen MR) is 111 cm³/mol. The van der Waals surface area contributed by atoms with Crippen LogP contribution in [0.3, 0.4) is 0 Å². The van der Waals surface area contributed by atoms with E-state index in [1.54, 1.807) is 55.3 Å². The third kappa shape index (κ3) is 4.36. The van der Waals surface area contributed by atoms with Crippen molar-refractivity contribution >= 4 is 11.8 Å². The number of carbonyl (C=O) groups excluding carboxylic acids is 2. The standard InChI is InChI=1S/C23H28N2O4/c1-5-24(2)23(27)21-15-25(22(26)16-9-11-18(28-3)12-10-16)14-20(21)17-7-6-8-19(13-17)29-4/h6-13,20-21H,5,14-15H2,1-4H3. The van der Waals surface area contributed by atoms with Crippen LogP contribution in [0, 0.1) is 5.92 Å². The van der Waals surface area contributed by atoms with Crippen LogP contribution < -0.4 is 9.47 Å². The quantitative estimate of drug-likeness (QED) is 0.753. The van der Waals surface area contributed by atoms with Crippen molar-refractivity contribution in [2.75, 3.05) is 40.9 Å². The van der Waals surface area contributed by atoms with Gasteiger partial charge in [-0.15, -0.1) is 0 Å². The van der Waals surface area contributed by atoms with E-state index in [9.17, 15) is 9.59 Å². The van der Waals surface area contributed by atoms with Crippen molar-refractivity contribution in [3.8, 4) is 11.5 Å². The molecule has 0 saturated carbocycles. The van der Waals surface area contributed by atoms with Gasteiger partial charge in [0.1, 0.15) is 11.5 Å². The second-order valence-corrected chi connectivity index (χ2v) is 7.28. The van der Waals surface area contributed by atoms with Crippen molar-refractivity contribution in [2.45, 2.75) is 12.8 Å². The minimum Gasteiger partial charge on any atom is -0.497 e. The lowest BCUT2D eigenvalue weighted by molar-refractivity contribution is -0.133. The average Bonchev–Trinajstić information content (AvgIpc) is 3.23. The Morgan fingerprint density at radius 3 is 2.34 bits per heavy atom. The zero-order valence-corrected chi connectivity index (χ0v) is 17.4. The number of methoxy groups -OCH3 is 2. The van der Waals surface area contributed by atoms with Gasteiger partial charge >= 0.3 is 0 Å². The molecule has 1 aliphatic heterocycles. The Morgan fingerprint density at radius 1 is 1.03 bits per heavy atom. The third-order valence-electron chi connectivity index (χ3n) is 5.63. The summed E-state index contributed by atoms with van der Waals surface area (Å²) in [5.74, 6) is 1.08. The molecule has 2 aromatic carbocycles. The van der Waals surface area contributed by atoms with Gasteiger partial charge in [0.15, 0.2) is 0 Å². The first-order chi connectivity index (χ1) is 14.0. The summed E-state index contributed by atoms with van der Waals surface area (Å²) in [4.78, 5) is 29.6. The number of amides is 2. The van der Waals surface area contributed by atoms with Gasteiger partial charge in [-0.25, -0.2) is 0 Å². The van der Waals surface area contributed by atoms with E-state index >= 15 is 0 Å². The second-order valence-electron chi connectivity index (χ2n) is 7.28. The van der Waals surface area contributed by atoms with Crippen LogP contribution in [0.2, 0.25) is 0 Å². The van der Waals surface area contributed by atoms with Crippen LogP contribution in [0.15, 0.2) is 48.5 Å². The van der Waals surface area contributed by atoms with E-state index in [1.165, 1.54) is 0 Å². The van der Waals surface area contributed by atoms with Gasteiger partial charge in [0.2, 0.25) is 5.91 Å². The molecule has 154 valence electrons. The molecule has 1 heterocycles. The number of nitrogens with zero attached hydrogens (tertiary/aromatic N) is 2. The molecule has 0 aromatic heterocycles. The van der Waals surface area contributed by atoms with Crippen molar-refractivity contribution in [3.05, 3.63) is 59.7 Å². The van der Waals surface area contributed by atoms with E-state index in [0.717, 1.165) is 11.3 Å². The highest BCUT2D eigenvalue weighted by Crippen LogP contribution is 2.36. The van der Waals surface area contributed by atoms with Crippen molar-refractivity contribution in [3.63, 3.8) is 0 Å². The summed E-state index contributed by atoms with van der Waals surface area (Å²) in [5, 5.41) is 0. The third-order valence-corrected chi connectivity index (χ3v) is 5.63. The summed E-state index contributed by atoms with van der Waals surface area (Å²) in [5.41, 5.74) is 1.60. The summed E-state index contributed by atoms with van der Waals surface area (Å²) < 4.78 is 10.5. The molecule has 6 heteroatoms. The van der Waals surface area contributed by atoms with Gasteiger partial charge in [-0.3, -0.25) is 9.59 Å². The summed E-state index contributed by atoms with van der Waals surface area (Å²) in [6.45, 7) is 3.47. The summed E-state index contributed by atoms with van der Waals surface area (Å²) in [7, 11) is 5.02. The van der Waals surface area contributed by atoms with Crippen molar-refractivity contribution < 1.29 is 19.1 Å². The molecule has 1 saturated heterocycles. The van der Waals surface area contributed by atoms with Crippen LogP contribution in [-0.4, -0.2) is 62.5 Å². The molecule has 2 unspecified atom stereocenters. The van der Waals surface area contributed by atoms with E-state index in [1.807, 2.05) is 31.2 Å². The highest BCUT2D eigenvalue weighted by molar-refractivity contribution is 5.95. The van der Waals surface area contributed by atoms with Crippen LogP contribution in [-0.2, 0) is 4.79 Å². The van der Waals surface area contributed by atoms with Gasteiger partial charge < -0.3 is 19.3 Å². The number of benzene rings is 2. The van der Waals surface area contributed by atoms with Crippen LogP contribution in [0.1, 0.15) is 28.8 Å². The minimum absolute atomic E-state index is 0.0605. The van der Waals surface area contributed by atoms with E-state index < -0.39 is 0 Å². The zero-order chi connectivity index (χ0) is 21.0. The Balaban J connectivity index is 1.88. The Morgan fingerprint density at radius 2 is 1.72 bits per heavy atom. The monoisotopic (exact) mass is 396 g/mol. The summed E-state index contributed by atoms with van der Waals surface area (Å²) in [6.07, 6.45) is 0. The largest absolute Gasteiger partial charge is 0.497 e. The fourth-order valence-electron chi connectivity index (χ4n) is 3.78. The molecule has 1 fully saturated rings. The number of rotatable bonds is 6. The van der Waals surface area contributed by atoms with Gasteiger partial charge in [-0.05, 0) is 48.9 Å². The summed E-state index contributed by atoms with van der Waals surface area (Å²) in [6, 6.07) is 14.8. The van der Waals surface area contributed by atoms with Crippen LogP contribution in [0.25, 0.3) is 0 Å². The number of carbonyl (C=O) groups is 2. The molecule has 2 amide bonds. The van der Waals surface area contributed by atoms with Gasteiger partial charge in [-0.2, -0.15) is 0 Å². The number of hydrogen-bond donors (Lipinski definition) is 0. The van der Waals surface area contributed by atoms with Crippen LogP contribution >= 0.6 is 0 Å². The molecular weight excluding hydrogens is 368 g/mol. The molecule has 0 radical (unpaired) electrons. The lowest BCUT2D eigenvalue weighted by Crippen LogP contribution is -2.36. The lowest BCUT2D eigenvalue weighted by Gasteiger charge is -2.23. The molecule has 0 N–H and O–H groups in total. The molecule has 6 nitrogen and oxygen atoms in total. The molecule has 1 aliphatic rings. The van der Waals surface area contributed by atoms with E-state index in [0.29, 0.717) is 30.9 Å². The molecule has 3 rings (SSSR count). The fourth-order valence-corrected chi connectivity index (χ4v) is 3.78. The maximum absolute atomic E-state index is 13.1. The highest BCUT2D eigenvalue weighted by atomic mass is 16.5. The van der Waals surface area contributed by atoms with E-state index in [2.05, 4.69) is 0 Å². The molecule has 2 aromatic rings. The number of hydrogen-bond acceptors (Lipinski definition) is 4. The molecule has 29 heavy (non-hydrogen) atoms. The van der Waals surface area contributed by atoms with E-state index in [4.69, 9.17) is 9.47 Å². The van der Waals surface area contributed by atoms with E-state index in [-0.39, 0.29) is 23.7 Å². The Hall–Kier alpha value is -3.02. The Bertz CT molecular complexity index is 865. The fraction of sp³-hybridized carbons (Fsp3) is 0.391. The SMILES string of the molecule is CCN(C)C(=O)C1CN(C(=O)c2ccc(OC)cc2)CC1c1cccc(OC)c1. The Kier molecular flexibility index (Phi) is 6.42. The predicted octanol–water partition coefficient (Wildman–Crippen LogP) is 3.04. The van der Waals surface area contributed by atoms with Gasteiger partial charge in [0.05, 0.1) is 20.1 Å². The maximum atomic E-state index is 13.1. The van der Waals surface area contributed by atoms with Gasteiger partial charge in [0.25, 0.3) is 5.91 Å². The topological polar surface area (TPSA) is 59.1 Å². The maximum Gasteiger partial charge on any atom is 0.253 e. The first-order valence-electron chi connectivity index (χ1n) is 9.80. The molecular formula is C23H28N2O4. The van der Waals surface area contributed by atoms with Crippen molar-refractivity contribution in [1.82, 2.24) is 9.80 Å². The van der Waals surface area contributed by atoms with Gasteiger partial charge in [0, 0.05) is 38.2 Å². The summed E-state index contributed by atoms with van der Waals surface area (Å²) >= 11 is 0. The molecule has 2 atom stereocenters. The average molecular weight is 396 g/mol. The lowest BCUT2D eigenvalue weighted by atomic mass is 9.88. The van der Waals surface area contributed by atoms with Gasteiger partial charge in [-0.1, -0.05) is 12.1 Å². The molecule has 0 bridgehead atoms. The second kappa shape index (κ2) is 8.99. The molecule has 0 spiro atoms. The highest BCUT2D eigenvalue weighted by Gasteiger charge is 2.41. The van der Waals surface area contributed by atoms with Crippen LogP contribution in [0.5, 0.6) is 11.5 Å². The first-order valence-corrected chi connectivity index (χ1v) is 9.80. The Labute approximate surface area is 172 Å². The number of ether oxygens (including phenoxy) is 2. The zero-order valence-electron chi connectivity index (χ0n) is 17.4. The minimum atomic E-state index is -0.283. The molecule has 0 aliphatic carbocycles. The van der Waals surface area contributed by atoms with Crippen molar-refractivity contribution in [2.24, 2.45) is 5.92 Å². The van der Waals surface area contributed by atoms with Crippen molar-refractivity contribution in [1.29, 1.82) is 0 Å². The number of likely N-dealkylation sites (tertiary alicyclic amines) is 1. The first kappa shape index (κ1) is 20.7. The van der Waals surface area contributed by atoms with Crippen LogP contribution in [0.4, 0.5) is 0 Å². The normalized spacial score (nSPS) is 18.4. The smallest absolute Gasteiger partial charge is 0.253 e.